The first-order valence-electron chi connectivity index (χ1n) is 5.85. The van der Waals surface area contributed by atoms with Crippen molar-refractivity contribution in [2.24, 2.45) is 5.84 Å². The number of anilines is 2. The summed E-state index contributed by atoms with van der Waals surface area (Å²) in [5.74, 6) is 5.13. The number of halogens is 2. The van der Waals surface area contributed by atoms with Crippen molar-refractivity contribution in [2.45, 2.75) is 6.92 Å². The highest BCUT2D eigenvalue weighted by Crippen LogP contribution is 2.29. The van der Waals surface area contributed by atoms with E-state index >= 15 is 0 Å². The summed E-state index contributed by atoms with van der Waals surface area (Å²) in [6.45, 7) is 1.90. The molecule has 0 unspecified atom stereocenters. The number of hydrogen-bond acceptors (Lipinski definition) is 3. The monoisotopic (exact) mass is 353 g/mol. The standard InChI is InChI=1S/C14H13BrClN3O/c1-8-6-10(15)13(7-11(8)16)18-14(20)9-4-2-3-5-12(9)19-17/h2-7,19H,17H2,1H3,(H,18,20). The molecule has 4 nitrogen and oxygen atoms in total. The smallest absolute Gasteiger partial charge is 0.257 e. The number of para-hydroxylation sites is 1. The molecule has 6 heteroatoms. The first-order valence-corrected chi connectivity index (χ1v) is 7.02. The van der Waals surface area contributed by atoms with E-state index in [9.17, 15) is 4.79 Å². The second kappa shape index (κ2) is 6.26. The molecule has 0 saturated carbocycles. The lowest BCUT2D eigenvalue weighted by Crippen LogP contribution is -2.17. The molecule has 0 bridgehead atoms. The number of hydrazine groups is 1. The molecule has 0 atom stereocenters. The predicted molar refractivity (Wildman–Crippen MR) is 86.1 cm³/mol. The molecule has 20 heavy (non-hydrogen) atoms. The van der Waals surface area contributed by atoms with Crippen LogP contribution in [-0.4, -0.2) is 5.91 Å². The summed E-state index contributed by atoms with van der Waals surface area (Å²) in [7, 11) is 0. The molecule has 0 aliphatic carbocycles. The maximum Gasteiger partial charge on any atom is 0.257 e. The van der Waals surface area contributed by atoms with Crippen LogP contribution in [0, 0.1) is 6.92 Å². The molecule has 0 saturated heterocycles. The highest BCUT2D eigenvalue weighted by Gasteiger charge is 2.13. The zero-order chi connectivity index (χ0) is 14.7. The van der Waals surface area contributed by atoms with Crippen LogP contribution in [0.4, 0.5) is 11.4 Å². The van der Waals surface area contributed by atoms with E-state index in [-0.39, 0.29) is 5.91 Å². The van der Waals surface area contributed by atoms with Crippen LogP contribution in [0.25, 0.3) is 0 Å². The molecule has 0 fully saturated rings. The highest BCUT2D eigenvalue weighted by atomic mass is 79.9. The second-order valence-electron chi connectivity index (χ2n) is 4.23. The van der Waals surface area contributed by atoms with Crippen molar-refractivity contribution in [1.82, 2.24) is 0 Å². The molecule has 4 N–H and O–H groups in total. The lowest BCUT2D eigenvalue weighted by atomic mass is 10.1. The Bertz CT molecular complexity index is 661. The molecular formula is C14H13BrClN3O. The third kappa shape index (κ3) is 3.12. The maximum absolute atomic E-state index is 12.3. The van der Waals surface area contributed by atoms with Gasteiger partial charge in [0.25, 0.3) is 5.91 Å². The zero-order valence-corrected chi connectivity index (χ0v) is 13.0. The van der Waals surface area contributed by atoms with E-state index < -0.39 is 0 Å². The summed E-state index contributed by atoms with van der Waals surface area (Å²) in [4.78, 5) is 12.3. The van der Waals surface area contributed by atoms with Gasteiger partial charge in [0, 0.05) is 9.50 Å². The fourth-order valence-electron chi connectivity index (χ4n) is 1.74. The number of rotatable bonds is 3. The van der Waals surface area contributed by atoms with E-state index in [1.54, 1.807) is 30.3 Å². The number of aryl methyl sites for hydroxylation is 1. The quantitative estimate of drug-likeness (QED) is 0.577. The van der Waals surface area contributed by atoms with Crippen LogP contribution in [0.5, 0.6) is 0 Å². The molecule has 2 aromatic carbocycles. The molecule has 0 radical (unpaired) electrons. The minimum Gasteiger partial charge on any atom is -0.323 e. The van der Waals surface area contributed by atoms with Crippen molar-refractivity contribution in [1.29, 1.82) is 0 Å². The maximum atomic E-state index is 12.3. The van der Waals surface area contributed by atoms with Gasteiger partial charge in [-0.05, 0) is 52.7 Å². The molecule has 0 aliphatic heterocycles. The van der Waals surface area contributed by atoms with Gasteiger partial charge >= 0.3 is 0 Å². The van der Waals surface area contributed by atoms with E-state index in [4.69, 9.17) is 17.4 Å². The van der Waals surface area contributed by atoms with Crippen molar-refractivity contribution in [2.75, 3.05) is 10.7 Å². The third-order valence-electron chi connectivity index (χ3n) is 2.82. The van der Waals surface area contributed by atoms with Crippen molar-refractivity contribution < 1.29 is 4.79 Å². The summed E-state index contributed by atoms with van der Waals surface area (Å²) in [6, 6.07) is 10.5. The second-order valence-corrected chi connectivity index (χ2v) is 5.49. The van der Waals surface area contributed by atoms with E-state index in [0.29, 0.717) is 22.0 Å². The van der Waals surface area contributed by atoms with Crippen LogP contribution in [0.1, 0.15) is 15.9 Å². The summed E-state index contributed by atoms with van der Waals surface area (Å²) in [5.41, 5.74) is 5.05. The van der Waals surface area contributed by atoms with Gasteiger partial charge in [-0.25, -0.2) is 0 Å². The van der Waals surface area contributed by atoms with E-state index in [1.807, 2.05) is 13.0 Å². The van der Waals surface area contributed by atoms with Crippen LogP contribution in [0.15, 0.2) is 40.9 Å². The van der Waals surface area contributed by atoms with Gasteiger partial charge in [-0.2, -0.15) is 0 Å². The van der Waals surface area contributed by atoms with Crippen LogP contribution in [0.3, 0.4) is 0 Å². The number of nitrogens with two attached hydrogens (primary N) is 1. The summed E-state index contributed by atoms with van der Waals surface area (Å²) in [6.07, 6.45) is 0. The normalized spacial score (nSPS) is 10.2. The van der Waals surface area contributed by atoms with Gasteiger partial charge in [0.1, 0.15) is 0 Å². The minimum absolute atomic E-state index is 0.265. The number of carbonyl (C=O) groups excluding carboxylic acids is 1. The van der Waals surface area contributed by atoms with Crippen LogP contribution < -0.4 is 16.6 Å². The Labute approximate surface area is 130 Å². The van der Waals surface area contributed by atoms with Gasteiger partial charge in [0.2, 0.25) is 0 Å². The SMILES string of the molecule is Cc1cc(Br)c(NC(=O)c2ccccc2NN)cc1Cl. The Morgan fingerprint density at radius 2 is 1.95 bits per heavy atom. The highest BCUT2D eigenvalue weighted by molar-refractivity contribution is 9.10. The van der Waals surface area contributed by atoms with Gasteiger partial charge in [0.05, 0.1) is 16.9 Å². The fourth-order valence-corrected chi connectivity index (χ4v) is 2.46. The largest absolute Gasteiger partial charge is 0.323 e. The number of nitrogen functional groups attached to an aromatic ring is 1. The number of nitrogens with one attached hydrogen (secondary N) is 2. The van der Waals surface area contributed by atoms with E-state index in [1.165, 1.54) is 0 Å². The van der Waals surface area contributed by atoms with Gasteiger partial charge in [0.15, 0.2) is 0 Å². The molecular weight excluding hydrogens is 342 g/mol. The topological polar surface area (TPSA) is 67.2 Å². The van der Waals surface area contributed by atoms with E-state index in [2.05, 4.69) is 26.7 Å². The Morgan fingerprint density at radius 3 is 2.65 bits per heavy atom. The Morgan fingerprint density at radius 1 is 1.25 bits per heavy atom. The van der Waals surface area contributed by atoms with Crippen LogP contribution in [0.2, 0.25) is 5.02 Å². The number of benzene rings is 2. The van der Waals surface area contributed by atoms with Crippen LogP contribution in [-0.2, 0) is 0 Å². The van der Waals surface area contributed by atoms with Crippen LogP contribution >= 0.6 is 27.5 Å². The molecule has 104 valence electrons. The van der Waals surface area contributed by atoms with Gasteiger partial charge in [-0.15, -0.1) is 0 Å². The summed E-state index contributed by atoms with van der Waals surface area (Å²) < 4.78 is 0.769. The van der Waals surface area contributed by atoms with Crippen molar-refractivity contribution in [3.8, 4) is 0 Å². The summed E-state index contributed by atoms with van der Waals surface area (Å²) >= 11 is 9.47. The molecule has 2 aromatic rings. The molecule has 0 heterocycles. The lowest BCUT2D eigenvalue weighted by Gasteiger charge is -2.12. The number of hydrogen-bond donors (Lipinski definition) is 3. The zero-order valence-electron chi connectivity index (χ0n) is 10.7. The molecule has 2 rings (SSSR count). The number of amides is 1. The first kappa shape index (κ1) is 14.8. The average molecular weight is 355 g/mol. The predicted octanol–water partition coefficient (Wildman–Crippen LogP) is 3.95. The first-order chi connectivity index (χ1) is 9.52. The Kier molecular flexibility index (Phi) is 4.65. The van der Waals surface area contributed by atoms with Gasteiger partial charge in [-0.3, -0.25) is 10.6 Å². The van der Waals surface area contributed by atoms with Crippen molar-refractivity contribution in [3.05, 3.63) is 57.0 Å². The van der Waals surface area contributed by atoms with Crippen molar-refractivity contribution in [3.63, 3.8) is 0 Å². The number of carbonyl (C=O) groups is 1. The van der Waals surface area contributed by atoms with Gasteiger partial charge < -0.3 is 10.7 Å². The van der Waals surface area contributed by atoms with Crippen molar-refractivity contribution >= 4 is 44.8 Å². The molecule has 1 amide bonds. The molecule has 0 aromatic heterocycles. The average Bonchev–Trinajstić information content (AvgIpc) is 2.44. The van der Waals surface area contributed by atoms with E-state index in [0.717, 1.165) is 10.0 Å². The Balaban J connectivity index is 2.30. The molecule has 0 spiro atoms. The fraction of sp³-hybridized carbons (Fsp3) is 0.0714. The molecule has 0 aliphatic rings. The summed E-state index contributed by atoms with van der Waals surface area (Å²) in [5, 5.41) is 3.39. The lowest BCUT2D eigenvalue weighted by molar-refractivity contribution is 0.102. The Hall–Kier alpha value is -1.56. The third-order valence-corrected chi connectivity index (χ3v) is 3.89. The van der Waals surface area contributed by atoms with Gasteiger partial charge in [-0.1, -0.05) is 23.7 Å². The minimum atomic E-state index is -0.265.